The molecule has 2 aromatic carbocycles. The molecule has 0 aliphatic carbocycles. The molecule has 3 nitrogen and oxygen atoms in total. The van der Waals surface area contributed by atoms with Crippen molar-refractivity contribution in [1.82, 2.24) is 5.32 Å². The highest BCUT2D eigenvalue weighted by atomic mass is 79.9. The molecule has 0 aromatic heterocycles. The molecule has 0 saturated carbocycles. The summed E-state index contributed by atoms with van der Waals surface area (Å²) in [7, 11) is 0. The van der Waals surface area contributed by atoms with E-state index in [9.17, 15) is 4.79 Å². The van der Waals surface area contributed by atoms with Gasteiger partial charge in [0.25, 0.3) is 0 Å². The van der Waals surface area contributed by atoms with Gasteiger partial charge in [0, 0.05) is 15.9 Å². The molecule has 2 aromatic rings. The molecular formula is C14H13BrN2OS. The SMILES string of the molecule is O=C(NCc1cccc(Br)c1)Nc1ccccc1S. The number of amides is 2. The van der Waals surface area contributed by atoms with Crippen LogP contribution in [-0.4, -0.2) is 6.03 Å². The van der Waals surface area contributed by atoms with Crippen LogP contribution >= 0.6 is 28.6 Å². The molecule has 5 heteroatoms. The van der Waals surface area contributed by atoms with Crippen molar-refractivity contribution in [3.63, 3.8) is 0 Å². The van der Waals surface area contributed by atoms with Crippen LogP contribution in [0.15, 0.2) is 57.9 Å². The van der Waals surface area contributed by atoms with Gasteiger partial charge in [-0.05, 0) is 29.8 Å². The lowest BCUT2D eigenvalue weighted by molar-refractivity contribution is 0.251. The van der Waals surface area contributed by atoms with Crippen LogP contribution in [0.25, 0.3) is 0 Å². The zero-order valence-electron chi connectivity index (χ0n) is 10.1. The maximum atomic E-state index is 11.8. The lowest BCUT2D eigenvalue weighted by Gasteiger charge is -2.09. The molecule has 0 spiro atoms. The number of hydrogen-bond donors (Lipinski definition) is 3. The highest BCUT2D eigenvalue weighted by Crippen LogP contribution is 2.18. The van der Waals surface area contributed by atoms with Gasteiger partial charge in [-0.2, -0.15) is 0 Å². The van der Waals surface area contributed by atoms with Gasteiger partial charge in [-0.15, -0.1) is 12.6 Å². The number of para-hydroxylation sites is 1. The Morgan fingerprint density at radius 2 is 1.95 bits per heavy atom. The third-order valence-electron chi connectivity index (χ3n) is 2.49. The van der Waals surface area contributed by atoms with Gasteiger partial charge in [0.05, 0.1) is 5.69 Å². The first-order valence-corrected chi connectivity index (χ1v) is 6.96. The van der Waals surface area contributed by atoms with Crippen molar-refractivity contribution in [3.05, 3.63) is 58.6 Å². The van der Waals surface area contributed by atoms with Crippen LogP contribution in [0.5, 0.6) is 0 Å². The first kappa shape index (κ1) is 14.0. The van der Waals surface area contributed by atoms with E-state index in [0.29, 0.717) is 12.2 Å². The number of urea groups is 1. The Labute approximate surface area is 126 Å². The monoisotopic (exact) mass is 336 g/mol. The highest BCUT2D eigenvalue weighted by Gasteiger charge is 2.03. The fourth-order valence-electron chi connectivity index (χ4n) is 1.58. The van der Waals surface area contributed by atoms with Crippen LogP contribution < -0.4 is 10.6 Å². The van der Waals surface area contributed by atoms with Crippen molar-refractivity contribution in [3.8, 4) is 0 Å². The smallest absolute Gasteiger partial charge is 0.319 e. The zero-order valence-corrected chi connectivity index (χ0v) is 12.5. The second-order valence-electron chi connectivity index (χ2n) is 3.95. The minimum atomic E-state index is -0.249. The molecule has 0 fully saturated rings. The van der Waals surface area contributed by atoms with Gasteiger partial charge in [-0.3, -0.25) is 0 Å². The zero-order chi connectivity index (χ0) is 13.7. The number of rotatable bonds is 3. The van der Waals surface area contributed by atoms with Crippen LogP contribution in [0.2, 0.25) is 0 Å². The standard InChI is InChI=1S/C14H13BrN2OS/c15-11-5-3-4-10(8-11)9-16-14(18)17-12-6-1-2-7-13(12)19/h1-8,19H,9H2,(H2,16,17,18). The van der Waals surface area contributed by atoms with Gasteiger partial charge < -0.3 is 10.6 Å². The molecule has 0 saturated heterocycles. The average Bonchev–Trinajstić information content (AvgIpc) is 2.39. The van der Waals surface area contributed by atoms with E-state index in [0.717, 1.165) is 14.9 Å². The van der Waals surface area contributed by atoms with Gasteiger partial charge >= 0.3 is 6.03 Å². The number of benzene rings is 2. The number of halogens is 1. The van der Waals surface area contributed by atoms with Crippen molar-refractivity contribution in [2.45, 2.75) is 11.4 Å². The van der Waals surface area contributed by atoms with E-state index in [1.54, 1.807) is 6.07 Å². The second-order valence-corrected chi connectivity index (χ2v) is 5.35. The molecule has 98 valence electrons. The number of anilines is 1. The number of carbonyl (C=O) groups is 1. The molecule has 2 N–H and O–H groups in total. The number of nitrogens with one attached hydrogen (secondary N) is 2. The molecule has 0 bridgehead atoms. The topological polar surface area (TPSA) is 41.1 Å². The predicted octanol–water partition coefficient (Wildman–Crippen LogP) is 4.06. The van der Waals surface area contributed by atoms with Gasteiger partial charge in [0.1, 0.15) is 0 Å². The van der Waals surface area contributed by atoms with Crippen LogP contribution in [0, 0.1) is 0 Å². The minimum Gasteiger partial charge on any atom is -0.334 e. The van der Waals surface area contributed by atoms with Crippen LogP contribution in [-0.2, 0) is 6.54 Å². The van der Waals surface area contributed by atoms with Crippen molar-refractivity contribution < 1.29 is 4.79 Å². The first-order valence-electron chi connectivity index (χ1n) is 5.72. The fourth-order valence-corrected chi connectivity index (χ4v) is 2.24. The van der Waals surface area contributed by atoms with E-state index in [1.165, 1.54) is 0 Å². The van der Waals surface area contributed by atoms with Crippen LogP contribution in [0.3, 0.4) is 0 Å². The number of carbonyl (C=O) groups excluding carboxylic acids is 1. The summed E-state index contributed by atoms with van der Waals surface area (Å²) in [4.78, 5) is 12.5. The summed E-state index contributed by atoms with van der Waals surface area (Å²) in [6.07, 6.45) is 0. The Bertz CT molecular complexity index is 589. The molecular weight excluding hydrogens is 324 g/mol. The third-order valence-corrected chi connectivity index (χ3v) is 3.38. The van der Waals surface area contributed by atoms with Gasteiger partial charge in [0.15, 0.2) is 0 Å². The second kappa shape index (κ2) is 6.63. The summed E-state index contributed by atoms with van der Waals surface area (Å²) in [5, 5.41) is 5.55. The van der Waals surface area contributed by atoms with E-state index < -0.39 is 0 Å². The lowest BCUT2D eigenvalue weighted by atomic mass is 10.2. The van der Waals surface area contributed by atoms with Crippen LogP contribution in [0.1, 0.15) is 5.56 Å². The first-order chi connectivity index (χ1) is 9.15. The molecule has 0 atom stereocenters. The summed E-state index contributed by atoms with van der Waals surface area (Å²) >= 11 is 7.67. The summed E-state index contributed by atoms with van der Waals surface area (Å²) in [6.45, 7) is 0.472. The summed E-state index contributed by atoms with van der Waals surface area (Å²) < 4.78 is 0.993. The minimum absolute atomic E-state index is 0.249. The Balaban J connectivity index is 1.90. The average molecular weight is 337 g/mol. The van der Waals surface area contributed by atoms with Gasteiger partial charge in [0.2, 0.25) is 0 Å². The van der Waals surface area contributed by atoms with E-state index in [1.807, 2.05) is 42.5 Å². The van der Waals surface area contributed by atoms with Gasteiger partial charge in [-0.25, -0.2) is 4.79 Å². The largest absolute Gasteiger partial charge is 0.334 e. The van der Waals surface area contributed by atoms with Crippen molar-refractivity contribution in [2.24, 2.45) is 0 Å². The maximum absolute atomic E-state index is 11.8. The Morgan fingerprint density at radius 3 is 2.68 bits per heavy atom. The number of hydrogen-bond acceptors (Lipinski definition) is 2. The molecule has 0 aliphatic rings. The summed E-state index contributed by atoms with van der Waals surface area (Å²) in [5.41, 5.74) is 1.72. The van der Waals surface area contributed by atoms with E-state index in [-0.39, 0.29) is 6.03 Å². The summed E-state index contributed by atoms with van der Waals surface area (Å²) in [5.74, 6) is 0. The molecule has 2 rings (SSSR count). The molecule has 2 amide bonds. The molecule has 0 unspecified atom stereocenters. The normalized spacial score (nSPS) is 10.0. The van der Waals surface area contributed by atoms with Gasteiger partial charge in [-0.1, -0.05) is 40.2 Å². The lowest BCUT2D eigenvalue weighted by Crippen LogP contribution is -2.28. The van der Waals surface area contributed by atoms with Crippen molar-refractivity contribution in [1.29, 1.82) is 0 Å². The molecule has 0 radical (unpaired) electrons. The maximum Gasteiger partial charge on any atom is 0.319 e. The van der Waals surface area contributed by atoms with E-state index >= 15 is 0 Å². The fraction of sp³-hybridized carbons (Fsp3) is 0.0714. The Hall–Kier alpha value is -1.46. The summed E-state index contributed by atoms with van der Waals surface area (Å²) in [6, 6.07) is 14.9. The Kier molecular flexibility index (Phi) is 4.87. The predicted molar refractivity (Wildman–Crippen MR) is 83.7 cm³/mol. The van der Waals surface area contributed by atoms with Crippen molar-refractivity contribution in [2.75, 3.05) is 5.32 Å². The molecule has 0 heterocycles. The molecule has 0 aliphatic heterocycles. The number of thiol groups is 1. The Morgan fingerprint density at radius 1 is 1.16 bits per heavy atom. The third kappa shape index (κ3) is 4.29. The van der Waals surface area contributed by atoms with E-state index in [4.69, 9.17) is 0 Å². The molecule has 19 heavy (non-hydrogen) atoms. The van der Waals surface area contributed by atoms with Crippen molar-refractivity contribution >= 4 is 40.3 Å². The quantitative estimate of drug-likeness (QED) is 0.727. The van der Waals surface area contributed by atoms with E-state index in [2.05, 4.69) is 39.2 Å². The highest BCUT2D eigenvalue weighted by molar-refractivity contribution is 9.10. The van der Waals surface area contributed by atoms with Crippen LogP contribution in [0.4, 0.5) is 10.5 Å².